The zero-order chi connectivity index (χ0) is 9.84. The molecule has 70 valence electrons. The second-order valence-corrected chi connectivity index (χ2v) is 3.70. The van der Waals surface area contributed by atoms with E-state index in [2.05, 4.69) is 36.6 Å². The minimum Gasteiger partial charge on any atom is -0.466 e. The van der Waals surface area contributed by atoms with Crippen molar-refractivity contribution in [3.05, 3.63) is 27.0 Å². The zero-order valence-electron chi connectivity index (χ0n) is 6.71. The van der Waals surface area contributed by atoms with Gasteiger partial charge in [0.2, 0.25) is 0 Å². The Bertz CT molecular complexity index is 322. The standard InChI is InChI=1S/C8H6Br2O3/c1-12-7(11)3-2-5-4-6(9)8(10)13-5/h2-4H,1H3/b3-2+. The number of hydrogen-bond acceptors (Lipinski definition) is 3. The normalized spacial score (nSPS) is 10.7. The highest BCUT2D eigenvalue weighted by Crippen LogP contribution is 2.27. The molecule has 0 fully saturated rings. The van der Waals surface area contributed by atoms with Gasteiger partial charge in [-0.1, -0.05) is 0 Å². The van der Waals surface area contributed by atoms with Crippen LogP contribution >= 0.6 is 31.9 Å². The van der Waals surface area contributed by atoms with Crippen molar-refractivity contribution >= 4 is 43.9 Å². The van der Waals surface area contributed by atoms with Crippen LogP contribution in [0.15, 0.2) is 25.7 Å². The third-order valence-electron chi connectivity index (χ3n) is 1.25. The molecule has 1 heterocycles. The van der Waals surface area contributed by atoms with Gasteiger partial charge < -0.3 is 9.15 Å². The molecule has 1 rings (SSSR count). The molecular formula is C8H6Br2O3. The highest BCUT2D eigenvalue weighted by atomic mass is 79.9. The summed E-state index contributed by atoms with van der Waals surface area (Å²) in [6.07, 6.45) is 2.82. The van der Waals surface area contributed by atoms with E-state index in [1.807, 2.05) is 0 Å². The van der Waals surface area contributed by atoms with Gasteiger partial charge in [0.25, 0.3) is 0 Å². The summed E-state index contributed by atoms with van der Waals surface area (Å²) in [4.78, 5) is 10.7. The zero-order valence-corrected chi connectivity index (χ0v) is 9.88. The Morgan fingerprint density at radius 1 is 1.62 bits per heavy atom. The summed E-state index contributed by atoms with van der Waals surface area (Å²) < 4.78 is 11.0. The quantitative estimate of drug-likeness (QED) is 0.623. The lowest BCUT2D eigenvalue weighted by molar-refractivity contribution is -0.134. The van der Waals surface area contributed by atoms with E-state index in [0.717, 1.165) is 4.47 Å². The van der Waals surface area contributed by atoms with Gasteiger partial charge in [0.15, 0.2) is 4.67 Å². The van der Waals surface area contributed by atoms with Crippen LogP contribution in [0.2, 0.25) is 0 Å². The molecule has 0 aromatic carbocycles. The van der Waals surface area contributed by atoms with Crippen LogP contribution in [0.5, 0.6) is 0 Å². The van der Waals surface area contributed by atoms with Crippen LogP contribution in [-0.2, 0) is 9.53 Å². The van der Waals surface area contributed by atoms with Gasteiger partial charge in [-0.2, -0.15) is 0 Å². The first-order chi connectivity index (χ1) is 6.13. The molecule has 0 aliphatic rings. The molecule has 1 aromatic rings. The van der Waals surface area contributed by atoms with E-state index in [1.54, 1.807) is 6.07 Å². The first kappa shape index (κ1) is 10.5. The molecule has 0 radical (unpaired) electrons. The summed E-state index contributed by atoms with van der Waals surface area (Å²) in [5.74, 6) is 0.160. The van der Waals surface area contributed by atoms with E-state index in [4.69, 9.17) is 4.42 Å². The van der Waals surface area contributed by atoms with Crippen LogP contribution in [0.25, 0.3) is 6.08 Å². The number of carbonyl (C=O) groups is 1. The Morgan fingerprint density at radius 3 is 2.77 bits per heavy atom. The Hall–Kier alpha value is -0.550. The fourth-order valence-electron chi connectivity index (χ4n) is 0.664. The molecule has 0 saturated heterocycles. The minimum absolute atomic E-state index is 0.413. The lowest BCUT2D eigenvalue weighted by atomic mass is 10.4. The van der Waals surface area contributed by atoms with E-state index in [9.17, 15) is 4.79 Å². The van der Waals surface area contributed by atoms with Crippen molar-refractivity contribution in [3.63, 3.8) is 0 Å². The fraction of sp³-hybridized carbons (Fsp3) is 0.125. The van der Waals surface area contributed by atoms with Crippen LogP contribution in [0, 0.1) is 0 Å². The van der Waals surface area contributed by atoms with Gasteiger partial charge in [-0.3, -0.25) is 0 Å². The Balaban J connectivity index is 2.74. The van der Waals surface area contributed by atoms with Gasteiger partial charge in [-0.25, -0.2) is 4.79 Å². The van der Waals surface area contributed by atoms with Gasteiger partial charge in [0.1, 0.15) is 5.76 Å². The van der Waals surface area contributed by atoms with Gasteiger partial charge in [0.05, 0.1) is 11.6 Å². The first-order valence-electron chi connectivity index (χ1n) is 3.34. The molecular weight excluding hydrogens is 304 g/mol. The van der Waals surface area contributed by atoms with Crippen molar-refractivity contribution in [1.29, 1.82) is 0 Å². The van der Waals surface area contributed by atoms with Gasteiger partial charge in [-0.15, -0.1) is 0 Å². The Labute approximate surface area is 92.0 Å². The fourth-order valence-corrected chi connectivity index (χ4v) is 1.27. The number of esters is 1. The van der Waals surface area contributed by atoms with Crippen molar-refractivity contribution in [2.24, 2.45) is 0 Å². The molecule has 0 atom stereocenters. The monoisotopic (exact) mass is 308 g/mol. The van der Waals surface area contributed by atoms with Crippen LogP contribution in [0.1, 0.15) is 5.76 Å². The molecule has 5 heteroatoms. The second kappa shape index (κ2) is 4.62. The summed E-state index contributed by atoms with van der Waals surface area (Å²) in [5.41, 5.74) is 0. The summed E-state index contributed by atoms with van der Waals surface area (Å²) in [6, 6.07) is 1.74. The predicted octanol–water partition coefficient (Wildman–Crippen LogP) is 2.99. The topological polar surface area (TPSA) is 39.4 Å². The van der Waals surface area contributed by atoms with Gasteiger partial charge in [-0.05, 0) is 44.0 Å². The van der Waals surface area contributed by atoms with Gasteiger partial charge in [0, 0.05) is 6.08 Å². The van der Waals surface area contributed by atoms with E-state index < -0.39 is 5.97 Å². The predicted molar refractivity (Wildman–Crippen MR) is 55.2 cm³/mol. The number of methoxy groups -OCH3 is 1. The Morgan fingerprint density at radius 2 is 2.31 bits per heavy atom. The van der Waals surface area contributed by atoms with E-state index >= 15 is 0 Å². The second-order valence-electron chi connectivity index (χ2n) is 2.13. The third-order valence-corrected chi connectivity index (χ3v) is 2.96. The number of hydrogen-bond donors (Lipinski definition) is 0. The van der Waals surface area contributed by atoms with Crippen molar-refractivity contribution < 1.29 is 13.9 Å². The molecule has 0 spiro atoms. The summed E-state index contributed by atoms with van der Waals surface area (Å²) >= 11 is 6.43. The highest BCUT2D eigenvalue weighted by Gasteiger charge is 2.03. The van der Waals surface area contributed by atoms with Crippen LogP contribution in [-0.4, -0.2) is 13.1 Å². The van der Waals surface area contributed by atoms with Crippen molar-refractivity contribution in [2.75, 3.05) is 7.11 Å². The summed E-state index contributed by atoms with van der Waals surface area (Å²) in [7, 11) is 1.32. The highest BCUT2D eigenvalue weighted by molar-refractivity contribution is 9.13. The molecule has 0 unspecified atom stereocenters. The van der Waals surface area contributed by atoms with Crippen molar-refractivity contribution in [1.82, 2.24) is 0 Å². The lowest BCUT2D eigenvalue weighted by Gasteiger charge is -1.87. The number of furan rings is 1. The van der Waals surface area contributed by atoms with Crippen molar-refractivity contribution in [3.8, 4) is 0 Å². The first-order valence-corrected chi connectivity index (χ1v) is 4.93. The molecule has 0 aliphatic heterocycles. The third kappa shape index (κ3) is 3.00. The van der Waals surface area contributed by atoms with Crippen LogP contribution in [0.3, 0.4) is 0 Å². The molecule has 0 bridgehead atoms. The average Bonchev–Trinajstić information content (AvgIpc) is 2.42. The molecule has 0 saturated carbocycles. The number of halogens is 2. The lowest BCUT2D eigenvalue weighted by Crippen LogP contribution is -1.92. The van der Waals surface area contributed by atoms with Crippen molar-refractivity contribution in [2.45, 2.75) is 0 Å². The maximum absolute atomic E-state index is 10.7. The molecule has 13 heavy (non-hydrogen) atoms. The number of rotatable bonds is 2. The summed E-state index contributed by atoms with van der Waals surface area (Å²) in [6.45, 7) is 0. The molecule has 0 N–H and O–H groups in total. The maximum atomic E-state index is 10.7. The van der Waals surface area contributed by atoms with Crippen LogP contribution < -0.4 is 0 Å². The largest absolute Gasteiger partial charge is 0.466 e. The molecule has 3 nitrogen and oxygen atoms in total. The molecule has 1 aromatic heterocycles. The smallest absolute Gasteiger partial charge is 0.330 e. The maximum Gasteiger partial charge on any atom is 0.330 e. The van der Waals surface area contributed by atoms with E-state index in [0.29, 0.717) is 10.4 Å². The summed E-state index contributed by atoms with van der Waals surface area (Å²) in [5, 5.41) is 0. The minimum atomic E-state index is -0.413. The molecule has 0 aliphatic carbocycles. The van der Waals surface area contributed by atoms with E-state index in [-0.39, 0.29) is 0 Å². The van der Waals surface area contributed by atoms with Crippen LogP contribution in [0.4, 0.5) is 0 Å². The van der Waals surface area contributed by atoms with Gasteiger partial charge >= 0.3 is 5.97 Å². The number of carbonyl (C=O) groups excluding carboxylic acids is 1. The SMILES string of the molecule is COC(=O)/C=C/c1cc(Br)c(Br)o1. The number of ether oxygens (including phenoxy) is 1. The Kier molecular flexibility index (Phi) is 3.74. The average molecular weight is 310 g/mol. The van der Waals surface area contributed by atoms with E-state index in [1.165, 1.54) is 19.3 Å². The molecule has 0 amide bonds.